The third-order valence-corrected chi connectivity index (χ3v) is 2.43. The maximum absolute atomic E-state index is 13.2. The van der Waals surface area contributed by atoms with Crippen LogP contribution in [0.5, 0.6) is 0 Å². The van der Waals surface area contributed by atoms with Crippen LogP contribution >= 0.6 is 0 Å². The Hall–Kier alpha value is -1.15. The summed E-state index contributed by atoms with van der Waals surface area (Å²) in [6, 6.07) is 5.23. The van der Waals surface area contributed by atoms with Crippen LogP contribution in [0.2, 0.25) is 0 Å². The van der Waals surface area contributed by atoms with E-state index in [1.54, 1.807) is 6.07 Å². The van der Waals surface area contributed by atoms with Gasteiger partial charge in [0.25, 0.3) is 0 Å². The standard InChI is InChI=1S/C11H12FN/c12-11-3-1-2-9-8(6-7-13)4-5-10(9)11/h1-4H,5-7,13H2. The second-order valence-corrected chi connectivity index (χ2v) is 3.24. The van der Waals surface area contributed by atoms with E-state index >= 15 is 0 Å². The normalized spacial score (nSPS) is 14.2. The van der Waals surface area contributed by atoms with Crippen LogP contribution in [0.3, 0.4) is 0 Å². The van der Waals surface area contributed by atoms with Crippen LogP contribution in [-0.4, -0.2) is 6.54 Å². The van der Waals surface area contributed by atoms with E-state index in [1.807, 2.05) is 6.07 Å². The summed E-state index contributed by atoms with van der Waals surface area (Å²) in [5.74, 6) is -0.0965. The lowest BCUT2D eigenvalue weighted by Gasteiger charge is -2.04. The summed E-state index contributed by atoms with van der Waals surface area (Å²) in [5.41, 5.74) is 8.53. The molecule has 0 saturated carbocycles. The fraction of sp³-hybridized carbons (Fsp3) is 0.273. The van der Waals surface area contributed by atoms with Gasteiger partial charge in [-0.3, -0.25) is 0 Å². The van der Waals surface area contributed by atoms with Crippen molar-refractivity contribution in [2.45, 2.75) is 12.8 Å². The molecule has 68 valence electrons. The highest BCUT2D eigenvalue weighted by atomic mass is 19.1. The number of halogens is 1. The predicted octanol–water partition coefficient (Wildman–Crippen LogP) is 2.11. The molecule has 0 radical (unpaired) electrons. The first-order chi connectivity index (χ1) is 6.33. The Balaban J connectivity index is 2.39. The lowest BCUT2D eigenvalue weighted by Crippen LogP contribution is -1.99. The average molecular weight is 177 g/mol. The quantitative estimate of drug-likeness (QED) is 0.735. The molecule has 2 rings (SSSR count). The Morgan fingerprint density at radius 2 is 2.23 bits per heavy atom. The molecule has 1 aromatic rings. The van der Waals surface area contributed by atoms with E-state index in [9.17, 15) is 4.39 Å². The van der Waals surface area contributed by atoms with Crippen molar-refractivity contribution in [3.05, 3.63) is 41.2 Å². The first-order valence-electron chi connectivity index (χ1n) is 4.50. The van der Waals surface area contributed by atoms with Gasteiger partial charge in [-0.2, -0.15) is 0 Å². The molecule has 0 heterocycles. The number of hydrogen-bond donors (Lipinski definition) is 1. The van der Waals surface area contributed by atoms with Gasteiger partial charge in [0.2, 0.25) is 0 Å². The summed E-state index contributed by atoms with van der Waals surface area (Å²) in [5, 5.41) is 0. The molecule has 2 N–H and O–H groups in total. The summed E-state index contributed by atoms with van der Waals surface area (Å²) in [4.78, 5) is 0. The van der Waals surface area contributed by atoms with Gasteiger partial charge in [-0.25, -0.2) is 4.39 Å². The molecule has 0 unspecified atom stereocenters. The van der Waals surface area contributed by atoms with Crippen LogP contribution < -0.4 is 5.73 Å². The van der Waals surface area contributed by atoms with Gasteiger partial charge in [0.15, 0.2) is 0 Å². The van der Waals surface area contributed by atoms with E-state index in [2.05, 4.69) is 6.08 Å². The monoisotopic (exact) mass is 177 g/mol. The van der Waals surface area contributed by atoms with Gasteiger partial charge in [0, 0.05) is 0 Å². The Morgan fingerprint density at radius 1 is 1.38 bits per heavy atom. The maximum Gasteiger partial charge on any atom is 0.127 e. The minimum absolute atomic E-state index is 0.0965. The summed E-state index contributed by atoms with van der Waals surface area (Å²) in [6.45, 7) is 0.627. The highest BCUT2D eigenvalue weighted by Gasteiger charge is 2.15. The number of benzene rings is 1. The lowest BCUT2D eigenvalue weighted by molar-refractivity contribution is 0.615. The Bertz CT molecular complexity index is 355. The summed E-state index contributed by atoms with van der Waals surface area (Å²) in [6.07, 6.45) is 3.63. The highest BCUT2D eigenvalue weighted by Crippen LogP contribution is 2.30. The first-order valence-corrected chi connectivity index (χ1v) is 4.50. The van der Waals surface area contributed by atoms with Crippen LogP contribution in [0.15, 0.2) is 24.3 Å². The van der Waals surface area contributed by atoms with Crippen molar-refractivity contribution in [3.63, 3.8) is 0 Å². The molecule has 1 nitrogen and oxygen atoms in total. The molecular weight excluding hydrogens is 165 g/mol. The van der Waals surface area contributed by atoms with E-state index in [-0.39, 0.29) is 5.82 Å². The van der Waals surface area contributed by atoms with Crippen molar-refractivity contribution < 1.29 is 4.39 Å². The molecule has 0 atom stereocenters. The predicted molar refractivity (Wildman–Crippen MR) is 51.8 cm³/mol. The number of fused-ring (bicyclic) bond motifs is 1. The molecule has 13 heavy (non-hydrogen) atoms. The highest BCUT2D eigenvalue weighted by molar-refractivity contribution is 5.73. The molecule has 0 aliphatic heterocycles. The minimum atomic E-state index is -0.0965. The Morgan fingerprint density at radius 3 is 3.00 bits per heavy atom. The van der Waals surface area contributed by atoms with Crippen molar-refractivity contribution in [1.82, 2.24) is 0 Å². The first kappa shape index (κ1) is 8.45. The molecule has 0 saturated heterocycles. The molecule has 0 aromatic heterocycles. The SMILES string of the molecule is NCCC1=CCc2c(F)cccc21. The van der Waals surface area contributed by atoms with E-state index < -0.39 is 0 Å². The van der Waals surface area contributed by atoms with Crippen molar-refractivity contribution in [3.8, 4) is 0 Å². The van der Waals surface area contributed by atoms with Gasteiger partial charge in [-0.05, 0) is 42.2 Å². The maximum atomic E-state index is 13.2. The van der Waals surface area contributed by atoms with Crippen molar-refractivity contribution >= 4 is 5.57 Å². The van der Waals surface area contributed by atoms with Crippen molar-refractivity contribution in [2.75, 3.05) is 6.54 Å². The lowest BCUT2D eigenvalue weighted by atomic mass is 10.0. The van der Waals surface area contributed by atoms with Crippen LogP contribution in [-0.2, 0) is 6.42 Å². The summed E-state index contributed by atoms with van der Waals surface area (Å²) >= 11 is 0. The number of allylic oxidation sites excluding steroid dienone is 1. The summed E-state index contributed by atoms with van der Waals surface area (Å²) in [7, 11) is 0. The average Bonchev–Trinajstić information content (AvgIpc) is 2.51. The third kappa shape index (κ3) is 1.38. The topological polar surface area (TPSA) is 26.0 Å². The molecule has 0 amide bonds. The fourth-order valence-electron chi connectivity index (χ4n) is 1.79. The van der Waals surface area contributed by atoms with Crippen LogP contribution in [0.4, 0.5) is 4.39 Å². The number of hydrogen-bond acceptors (Lipinski definition) is 1. The second kappa shape index (κ2) is 3.30. The molecule has 0 bridgehead atoms. The summed E-state index contributed by atoms with van der Waals surface area (Å²) < 4.78 is 13.2. The van der Waals surface area contributed by atoms with Gasteiger partial charge in [0.05, 0.1) is 0 Å². The minimum Gasteiger partial charge on any atom is -0.330 e. The zero-order chi connectivity index (χ0) is 9.26. The van der Waals surface area contributed by atoms with Gasteiger partial charge in [-0.15, -0.1) is 0 Å². The van der Waals surface area contributed by atoms with Crippen LogP contribution in [0, 0.1) is 5.82 Å². The van der Waals surface area contributed by atoms with E-state index in [4.69, 9.17) is 5.73 Å². The van der Waals surface area contributed by atoms with E-state index in [1.165, 1.54) is 11.6 Å². The van der Waals surface area contributed by atoms with Crippen molar-refractivity contribution in [2.24, 2.45) is 5.73 Å². The molecule has 1 aliphatic carbocycles. The number of rotatable bonds is 2. The molecule has 1 aliphatic rings. The molecular formula is C11H12FN. The van der Waals surface area contributed by atoms with Crippen molar-refractivity contribution in [1.29, 1.82) is 0 Å². The number of nitrogens with two attached hydrogens (primary N) is 1. The largest absolute Gasteiger partial charge is 0.330 e. The zero-order valence-corrected chi connectivity index (χ0v) is 7.39. The fourth-order valence-corrected chi connectivity index (χ4v) is 1.79. The molecule has 2 heteroatoms. The van der Waals surface area contributed by atoms with Gasteiger partial charge < -0.3 is 5.73 Å². The van der Waals surface area contributed by atoms with E-state index in [0.29, 0.717) is 6.54 Å². The van der Waals surface area contributed by atoms with Gasteiger partial charge in [0.1, 0.15) is 5.82 Å². The second-order valence-electron chi connectivity index (χ2n) is 3.24. The zero-order valence-electron chi connectivity index (χ0n) is 7.39. The Labute approximate surface area is 77.1 Å². The third-order valence-electron chi connectivity index (χ3n) is 2.43. The smallest absolute Gasteiger partial charge is 0.127 e. The van der Waals surface area contributed by atoms with Crippen LogP contribution in [0.1, 0.15) is 17.5 Å². The van der Waals surface area contributed by atoms with Gasteiger partial charge in [-0.1, -0.05) is 18.2 Å². The molecule has 0 spiro atoms. The van der Waals surface area contributed by atoms with Gasteiger partial charge >= 0.3 is 0 Å². The van der Waals surface area contributed by atoms with E-state index in [0.717, 1.165) is 24.0 Å². The van der Waals surface area contributed by atoms with Crippen LogP contribution in [0.25, 0.3) is 5.57 Å². The molecule has 1 aromatic carbocycles. The molecule has 0 fully saturated rings. The Kier molecular flexibility index (Phi) is 2.15.